The van der Waals surface area contributed by atoms with E-state index >= 15 is 0 Å². The molecular formula is Ru3Sn7. The second-order valence-corrected chi connectivity index (χ2v) is 0. The Bertz CT molecular complexity index is 8.81. The van der Waals surface area contributed by atoms with E-state index in [1.165, 1.54) is 0 Å². The third-order valence-corrected chi connectivity index (χ3v) is 0. The Labute approximate surface area is 220 Å². The van der Waals surface area contributed by atoms with Gasteiger partial charge in [-0.15, -0.1) is 0 Å². The Morgan fingerprint density at radius 1 is 0.200 bits per heavy atom. The second kappa shape index (κ2) is 70.7. The third-order valence-electron chi connectivity index (χ3n) is 0. The Hall–Kier alpha value is 7.46. The van der Waals surface area contributed by atoms with Crippen LogP contribution < -0.4 is 0 Å². The first-order valence-electron chi connectivity index (χ1n) is 0. The van der Waals surface area contributed by atoms with Crippen LogP contribution >= 0.6 is 0 Å². The number of rotatable bonds is 0. The molecule has 0 aromatic heterocycles. The van der Waals surface area contributed by atoms with E-state index in [4.69, 9.17) is 0 Å². The van der Waals surface area contributed by atoms with Crippen molar-refractivity contribution < 1.29 is 58.4 Å². The summed E-state index contributed by atoms with van der Waals surface area (Å²) < 4.78 is 0. The van der Waals surface area contributed by atoms with Crippen molar-refractivity contribution in [2.24, 2.45) is 0 Å². The van der Waals surface area contributed by atoms with Crippen LogP contribution in [-0.4, -0.2) is 167 Å². The molecule has 0 atom stereocenters. The van der Waals surface area contributed by atoms with Crippen LogP contribution in [0.25, 0.3) is 0 Å². The van der Waals surface area contributed by atoms with E-state index < -0.39 is 0 Å². The van der Waals surface area contributed by atoms with Crippen LogP contribution in [0.5, 0.6) is 0 Å². The zero-order chi connectivity index (χ0) is 0. The normalized spacial score (nSPS) is 0. The maximum Gasteiger partial charge on any atom is 0 e. The van der Waals surface area contributed by atoms with Crippen LogP contribution in [0, 0.1) is 0 Å². The molecule has 0 aromatic rings. The van der Waals surface area contributed by atoms with Crippen LogP contribution in [0.3, 0.4) is 0 Å². The van der Waals surface area contributed by atoms with Gasteiger partial charge in [0.05, 0.1) is 0 Å². The van der Waals surface area contributed by atoms with Crippen LogP contribution in [-0.2, 0) is 58.4 Å². The van der Waals surface area contributed by atoms with E-state index in [2.05, 4.69) is 0 Å². The van der Waals surface area contributed by atoms with Gasteiger partial charge in [-0.05, 0) is 0 Å². The van der Waals surface area contributed by atoms with Crippen molar-refractivity contribution in [3.63, 3.8) is 0 Å². The molecule has 0 saturated carbocycles. The van der Waals surface area contributed by atoms with Gasteiger partial charge in [-0.1, -0.05) is 0 Å². The predicted molar refractivity (Wildman–Crippen MR) is 40.3 cm³/mol. The van der Waals surface area contributed by atoms with Gasteiger partial charge >= 0.3 is 0 Å². The molecule has 0 aliphatic carbocycles. The van der Waals surface area contributed by atoms with Gasteiger partial charge in [0.2, 0.25) is 0 Å². The molecule has 0 heterocycles. The quantitative estimate of drug-likeness (QED) is 0.233. The van der Waals surface area contributed by atoms with E-state index in [1.807, 2.05) is 0 Å². The molecule has 10 heteroatoms. The monoisotopic (exact) mass is 1150 g/mol. The Balaban J connectivity index is 0. The smallest absolute Gasteiger partial charge is 0 e. The number of hydrogen-bond donors (Lipinski definition) is 0. The molecule has 0 N–H and O–H groups in total. The largest absolute Gasteiger partial charge is 0 e. The van der Waals surface area contributed by atoms with Gasteiger partial charge in [-0.2, -0.15) is 0 Å². The summed E-state index contributed by atoms with van der Waals surface area (Å²) in [5, 5.41) is 0. The summed E-state index contributed by atoms with van der Waals surface area (Å²) in [7, 11) is 0. The van der Waals surface area contributed by atoms with E-state index in [9.17, 15) is 0 Å². The molecule has 10 heavy (non-hydrogen) atoms. The third kappa shape index (κ3) is 58.1. The van der Waals surface area contributed by atoms with Crippen molar-refractivity contribution in [1.29, 1.82) is 0 Å². The predicted octanol–water partition coefficient (Wildman–Crippen LogP) is -2.67. The minimum Gasteiger partial charge on any atom is 0 e. The van der Waals surface area contributed by atoms with E-state index in [1.54, 1.807) is 0 Å². The Morgan fingerprint density at radius 2 is 0.200 bits per heavy atom. The van der Waals surface area contributed by atoms with Crippen LogP contribution in [0.2, 0.25) is 0 Å². The van der Waals surface area contributed by atoms with Gasteiger partial charge in [0, 0.05) is 226 Å². The van der Waals surface area contributed by atoms with Gasteiger partial charge in [0.1, 0.15) is 0 Å². The van der Waals surface area contributed by atoms with Crippen molar-refractivity contribution in [1.82, 2.24) is 0 Å². The summed E-state index contributed by atoms with van der Waals surface area (Å²) in [6, 6.07) is 0. The molecule has 0 spiro atoms. The maximum atomic E-state index is 0. The van der Waals surface area contributed by atoms with Crippen molar-refractivity contribution in [2.45, 2.75) is 0 Å². The van der Waals surface area contributed by atoms with Gasteiger partial charge < -0.3 is 0 Å². The molecule has 0 unspecified atom stereocenters. The maximum absolute atomic E-state index is 0. The molecule has 0 rings (SSSR count). The summed E-state index contributed by atoms with van der Waals surface area (Å²) in [4.78, 5) is 0. The fourth-order valence-corrected chi connectivity index (χ4v) is 0. The number of hydrogen-bond acceptors (Lipinski definition) is 0. The summed E-state index contributed by atoms with van der Waals surface area (Å²) in [5.74, 6) is 0. The zero-order valence-electron chi connectivity index (χ0n) is 4.56. The van der Waals surface area contributed by atoms with E-state index in [-0.39, 0.29) is 226 Å². The fourth-order valence-electron chi connectivity index (χ4n) is 0. The summed E-state index contributed by atoms with van der Waals surface area (Å²) in [6.07, 6.45) is 0. The molecular weight excluding hydrogens is 1130 g/mol. The second-order valence-electron chi connectivity index (χ2n) is 0. The minimum absolute atomic E-state index is 0. The van der Waals surface area contributed by atoms with Gasteiger partial charge in [-0.3, -0.25) is 0 Å². The SMILES string of the molecule is [Ru].[Ru].[Ru].[Sn].[Sn].[Sn].[Sn].[Sn].[Sn].[Sn]. The topological polar surface area (TPSA) is 0 Å². The summed E-state index contributed by atoms with van der Waals surface area (Å²) >= 11 is 0. The average molecular weight is 1130 g/mol. The molecule has 0 saturated heterocycles. The first-order chi connectivity index (χ1) is 0. The molecule has 0 aliphatic rings. The van der Waals surface area contributed by atoms with Crippen molar-refractivity contribution in [3.8, 4) is 0 Å². The van der Waals surface area contributed by atoms with Crippen molar-refractivity contribution >= 4 is 167 Å². The first kappa shape index (κ1) is 85.0. The molecule has 0 fully saturated rings. The average Bonchev–Trinajstić information content (AvgIpc) is 0. The van der Waals surface area contributed by atoms with Crippen molar-refractivity contribution in [2.75, 3.05) is 0 Å². The van der Waals surface area contributed by atoms with Crippen LogP contribution in [0.4, 0.5) is 0 Å². The molecule has 0 aromatic carbocycles. The van der Waals surface area contributed by atoms with E-state index in [0.29, 0.717) is 0 Å². The first-order valence-corrected chi connectivity index (χ1v) is 0. The molecule has 0 nitrogen and oxygen atoms in total. The zero-order valence-corrected chi connectivity index (χ0v) is 29.8. The Kier molecular flexibility index (Phi) is 601. The standard InChI is InChI=1S/3Ru.7Sn. The van der Waals surface area contributed by atoms with Gasteiger partial charge in [0.25, 0.3) is 0 Å². The fraction of sp³-hybridized carbons (Fsp3) is 0. The van der Waals surface area contributed by atoms with Gasteiger partial charge in [0.15, 0.2) is 0 Å². The molecule has 0 amide bonds. The molecule has 52 valence electrons. The van der Waals surface area contributed by atoms with Crippen LogP contribution in [0.1, 0.15) is 0 Å². The van der Waals surface area contributed by atoms with Crippen LogP contribution in [0.15, 0.2) is 0 Å². The van der Waals surface area contributed by atoms with Gasteiger partial charge in [-0.25, -0.2) is 0 Å². The molecule has 28 radical (unpaired) electrons. The molecule has 0 bridgehead atoms. The molecule has 0 aliphatic heterocycles. The summed E-state index contributed by atoms with van der Waals surface area (Å²) in [6.45, 7) is 0. The van der Waals surface area contributed by atoms with E-state index in [0.717, 1.165) is 0 Å². The van der Waals surface area contributed by atoms with Crippen molar-refractivity contribution in [3.05, 3.63) is 0 Å². The summed E-state index contributed by atoms with van der Waals surface area (Å²) in [5.41, 5.74) is 0. The Morgan fingerprint density at radius 3 is 0.200 bits per heavy atom. The minimum atomic E-state index is 0.